The number of para-hydroxylation sites is 1. The molecule has 1 aliphatic rings. The lowest BCUT2D eigenvalue weighted by molar-refractivity contribution is -0.117. The molecule has 0 unspecified atom stereocenters. The number of anilines is 2. The highest BCUT2D eigenvalue weighted by molar-refractivity contribution is 6.05. The number of aromatic nitrogens is 2. The van der Waals surface area contributed by atoms with Crippen LogP contribution in [0.1, 0.15) is 35.8 Å². The van der Waals surface area contributed by atoms with Crippen LogP contribution in [0.5, 0.6) is 0 Å². The molecule has 0 saturated heterocycles. The third kappa shape index (κ3) is 3.81. The number of nitrogens with one attached hydrogen (secondary N) is 2. The summed E-state index contributed by atoms with van der Waals surface area (Å²) in [6, 6.07) is 16.9. The van der Waals surface area contributed by atoms with E-state index < -0.39 is 0 Å². The summed E-state index contributed by atoms with van der Waals surface area (Å²) in [5, 5.41) is 10.2. The van der Waals surface area contributed by atoms with Crippen molar-refractivity contribution < 1.29 is 9.59 Å². The van der Waals surface area contributed by atoms with Crippen LogP contribution in [-0.4, -0.2) is 21.6 Å². The number of carbonyl (C=O) groups excluding carboxylic acids is 2. The maximum Gasteiger partial charge on any atom is 0.259 e. The number of hydrogen-bond donors (Lipinski definition) is 2. The minimum atomic E-state index is -0.200. The van der Waals surface area contributed by atoms with Crippen LogP contribution in [0.4, 0.5) is 11.4 Å². The van der Waals surface area contributed by atoms with Crippen LogP contribution in [0.3, 0.4) is 0 Å². The van der Waals surface area contributed by atoms with Crippen molar-refractivity contribution in [2.75, 3.05) is 10.6 Å². The average Bonchev–Trinajstić information content (AvgIpc) is 3.48. The largest absolute Gasteiger partial charge is 0.326 e. The van der Waals surface area contributed by atoms with E-state index in [1.807, 2.05) is 37.3 Å². The Morgan fingerprint density at radius 1 is 1.00 bits per heavy atom. The molecule has 6 nitrogen and oxygen atoms in total. The lowest BCUT2D eigenvalue weighted by Gasteiger charge is -2.09. The number of nitrogens with zero attached hydrogens (tertiary/aromatic N) is 2. The predicted octanol–water partition coefficient (Wildman–Crippen LogP) is 4.04. The van der Waals surface area contributed by atoms with E-state index in [0.717, 1.165) is 29.9 Å². The van der Waals surface area contributed by atoms with E-state index in [1.54, 1.807) is 35.1 Å². The van der Waals surface area contributed by atoms with E-state index in [4.69, 9.17) is 0 Å². The normalized spacial score (nSPS) is 13.2. The zero-order valence-electron chi connectivity index (χ0n) is 15.7. The molecule has 0 atom stereocenters. The molecule has 6 heteroatoms. The Hall–Kier alpha value is -3.41. The molecule has 1 aromatic heterocycles. The first kappa shape index (κ1) is 18.0. The van der Waals surface area contributed by atoms with Gasteiger partial charge in [-0.2, -0.15) is 5.10 Å². The van der Waals surface area contributed by atoms with Gasteiger partial charge in [0.1, 0.15) is 0 Å². The van der Waals surface area contributed by atoms with E-state index in [9.17, 15) is 9.59 Å². The van der Waals surface area contributed by atoms with Gasteiger partial charge in [-0.3, -0.25) is 9.59 Å². The second kappa shape index (κ2) is 7.68. The van der Waals surface area contributed by atoms with Crippen LogP contribution in [0.15, 0.2) is 60.8 Å². The second-order valence-corrected chi connectivity index (χ2v) is 6.90. The molecule has 142 valence electrons. The Kier molecular flexibility index (Phi) is 4.93. The summed E-state index contributed by atoms with van der Waals surface area (Å²) in [6.07, 6.45) is 4.22. The summed E-state index contributed by atoms with van der Waals surface area (Å²) in [7, 11) is 0. The highest BCUT2D eigenvalue weighted by Crippen LogP contribution is 2.30. The van der Waals surface area contributed by atoms with E-state index in [1.165, 1.54) is 0 Å². The molecule has 1 heterocycles. The van der Waals surface area contributed by atoms with Gasteiger partial charge in [0.2, 0.25) is 5.91 Å². The summed E-state index contributed by atoms with van der Waals surface area (Å²) >= 11 is 0. The molecule has 3 aromatic rings. The van der Waals surface area contributed by atoms with Gasteiger partial charge in [0.25, 0.3) is 5.91 Å². The minimum absolute atomic E-state index is 0.0673. The first-order valence-electron chi connectivity index (χ1n) is 9.50. The van der Waals surface area contributed by atoms with Crippen molar-refractivity contribution in [1.82, 2.24) is 9.78 Å². The maximum atomic E-state index is 12.8. The van der Waals surface area contributed by atoms with Gasteiger partial charge in [-0.25, -0.2) is 4.68 Å². The summed E-state index contributed by atoms with van der Waals surface area (Å²) < 4.78 is 1.80. The van der Waals surface area contributed by atoms with Crippen molar-refractivity contribution in [3.63, 3.8) is 0 Å². The molecule has 0 aliphatic heterocycles. The number of amides is 2. The van der Waals surface area contributed by atoms with Gasteiger partial charge >= 0.3 is 0 Å². The van der Waals surface area contributed by atoms with Gasteiger partial charge < -0.3 is 10.6 Å². The van der Waals surface area contributed by atoms with Gasteiger partial charge in [-0.1, -0.05) is 25.1 Å². The van der Waals surface area contributed by atoms with Crippen LogP contribution in [-0.2, 0) is 11.2 Å². The molecule has 2 aromatic carbocycles. The SMILES string of the molecule is CCc1c(C(=O)Nc2ccc(NC(=O)C3CC3)cc2)cnn1-c1ccccc1. The minimum Gasteiger partial charge on any atom is -0.326 e. The first-order chi connectivity index (χ1) is 13.7. The van der Waals surface area contributed by atoms with E-state index in [-0.39, 0.29) is 17.7 Å². The van der Waals surface area contributed by atoms with Crippen LogP contribution in [0.25, 0.3) is 5.69 Å². The fourth-order valence-corrected chi connectivity index (χ4v) is 3.12. The maximum absolute atomic E-state index is 12.8. The second-order valence-electron chi connectivity index (χ2n) is 6.90. The standard InChI is InChI=1S/C22H22N4O2/c1-2-20-19(14-23-26(20)18-6-4-3-5-7-18)22(28)25-17-12-10-16(11-13-17)24-21(27)15-8-9-15/h3-7,10-15H,2,8-9H2,1H3,(H,24,27)(H,25,28). The lowest BCUT2D eigenvalue weighted by atomic mass is 10.1. The monoisotopic (exact) mass is 374 g/mol. The summed E-state index contributed by atoms with van der Waals surface area (Å²) in [6.45, 7) is 2.00. The van der Waals surface area contributed by atoms with Crippen molar-refractivity contribution in [3.8, 4) is 5.69 Å². The Morgan fingerprint density at radius 2 is 1.64 bits per heavy atom. The molecule has 28 heavy (non-hydrogen) atoms. The smallest absolute Gasteiger partial charge is 0.259 e. The molecule has 2 amide bonds. The van der Waals surface area contributed by atoms with Crippen LogP contribution < -0.4 is 10.6 Å². The highest BCUT2D eigenvalue weighted by Gasteiger charge is 2.29. The first-order valence-corrected chi connectivity index (χ1v) is 9.50. The van der Waals surface area contributed by atoms with Crippen molar-refractivity contribution in [2.24, 2.45) is 5.92 Å². The van der Waals surface area contributed by atoms with Gasteiger partial charge in [0.15, 0.2) is 0 Å². The van der Waals surface area contributed by atoms with Crippen LogP contribution >= 0.6 is 0 Å². The summed E-state index contributed by atoms with van der Waals surface area (Å²) in [4.78, 5) is 24.6. The molecule has 0 radical (unpaired) electrons. The van der Waals surface area contributed by atoms with Gasteiger partial charge in [0, 0.05) is 17.3 Å². The highest BCUT2D eigenvalue weighted by atomic mass is 16.2. The molecule has 1 fully saturated rings. The molecule has 0 bridgehead atoms. The van der Waals surface area contributed by atoms with Crippen LogP contribution in [0, 0.1) is 5.92 Å². The number of carbonyl (C=O) groups is 2. The van der Waals surface area contributed by atoms with Gasteiger partial charge in [0.05, 0.1) is 23.1 Å². The summed E-state index contributed by atoms with van der Waals surface area (Å²) in [5.74, 6) is 0.0273. The van der Waals surface area contributed by atoms with Crippen LogP contribution in [0.2, 0.25) is 0 Å². The van der Waals surface area contributed by atoms with Crippen molar-refractivity contribution in [3.05, 3.63) is 72.1 Å². The zero-order chi connectivity index (χ0) is 19.5. The fourth-order valence-electron chi connectivity index (χ4n) is 3.12. The Bertz CT molecular complexity index is 989. The molecule has 4 rings (SSSR count). The molecule has 2 N–H and O–H groups in total. The van der Waals surface area contributed by atoms with E-state index in [2.05, 4.69) is 15.7 Å². The Balaban J connectivity index is 1.47. The fraction of sp³-hybridized carbons (Fsp3) is 0.227. The summed E-state index contributed by atoms with van der Waals surface area (Å²) in [5.41, 5.74) is 3.74. The molecule has 1 aliphatic carbocycles. The molecular formula is C22H22N4O2. The van der Waals surface area contributed by atoms with Crippen molar-refractivity contribution in [1.29, 1.82) is 0 Å². The lowest BCUT2D eigenvalue weighted by Crippen LogP contribution is -2.15. The third-order valence-corrected chi connectivity index (χ3v) is 4.81. The number of hydrogen-bond acceptors (Lipinski definition) is 3. The topological polar surface area (TPSA) is 76.0 Å². The number of rotatable bonds is 6. The number of benzene rings is 2. The Morgan fingerprint density at radius 3 is 2.25 bits per heavy atom. The molecule has 0 spiro atoms. The Labute approximate surface area is 163 Å². The van der Waals surface area contributed by atoms with E-state index in [0.29, 0.717) is 17.7 Å². The quantitative estimate of drug-likeness (QED) is 0.684. The van der Waals surface area contributed by atoms with Gasteiger partial charge in [-0.05, 0) is 55.7 Å². The predicted molar refractivity (Wildman–Crippen MR) is 109 cm³/mol. The molecule has 1 saturated carbocycles. The van der Waals surface area contributed by atoms with Crippen molar-refractivity contribution in [2.45, 2.75) is 26.2 Å². The van der Waals surface area contributed by atoms with E-state index >= 15 is 0 Å². The average molecular weight is 374 g/mol. The van der Waals surface area contributed by atoms with Gasteiger partial charge in [-0.15, -0.1) is 0 Å². The van der Waals surface area contributed by atoms with Crippen molar-refractivity contribution >= 4 is 23.2 Å². The third-order valence-electron chi connectivity index (χ3n) is 4.81. The zero-order valence-corrected chi connectivity index (χ0v) is 15.7. The molecular weight excluding hydrogens is 352 g/mol.